The largest absolute Gasteiger partial charge is 0.492 e. The van der Waals surface area contributed by atoms with Crippen LogP contribution < -0.4 is 9.47 Å². The summed E-state index contributed by atoms with van der Waals surface area (Å²) in [6, 6.07) is 11.5. The summed E-state index contributed by atoms with van der Waals surface area (Å²) in [5, 5.41) is 0. The molecule has 2 aromatic rings. The van der Waals surface area contributed by atoms with E-state index in [1.54, 1.807) is 19.2 Å². The molecule has 0 saturated carbocycles. The number of nitrogens with zero attached hydrogens (tertiary/aromatic N) is 1. The highest BCUT2D eigenvalue weighted by molar-refractivity contribution is 5.78. The first kappa shape index (κ1) is 18.6. The van der Waals surface area contributed by atoms with Gasteiger partial charge in [-0.2, -0.15) is 8.78 Å². The van der Waals surface area contributed by atoms with E-state index in [1.807, 2.05) is 0 Å². The molecule has 0 aliphatic heterocycles. The highest BCUT2D eigenvalue weighted by Gasteiger charge is 2.11. The number of amides is 1. The summed E-state index contributed by atoms with van der Waals surface area (Å²) in [6.45, 7) is -2.24. The zero-order valence-corrected chi connectivity index (χ0v) is 13.6. The number of likely N-dealkylation sites (N-methyl/N-ethyl adjacent to an activating group) is 1. The summed E-state index contributed by atoms with van der Waals surface area (Å²) in [6.07, 6.45) is 0.141. The van der Waals surface area contributed by atoms with Gasteiger partial charge in [-0.3, -0.25) is 4.79 Å². The predicted molar refractivity (Wildman–Crippen MR) is 86.3 cm³/mol. The lowest BCUT2D eigenvalue weighted by atomic mass is 10.1. The second kappa shape index (κ2) is 8.96. The van der Waals surface area contributed by atoms with Gasteiger partial charge >= 0.3 is 6.61 Å². The number of carbonyl (C=O) groups excluding carboxylic acids is 1. The van der Waals surface area contributed by atoms with Crippen LogP contribution in [-0.2, 0) is 11.2 Å². The zero-order chi connectivity index (χ0) is 18.2. The first-order valence-electron chi connectivity index (χ1n) is 7.60. The summed E-state index contributed by atoms with van der Waals surface area (Å²) in [4.78, 5) is 13.6. The van der Waals surface area contributed by atoms with Crippen LogP contribution in [0, 0.1) is 5.82 Å². The van der Waals surface area contributed by atoms with Gasteiger partial charge in [-0.25, -0.2) is 4.39 Å². The predicted octanol–water partition coefficient (Wildman–Crippen LogP) is 3.51. The Morgan fingerprint density at radius 1 is 1.04 bits per heavy atom. The molecule has 0 aliphatic rings. The van der Waals surface area contributed by atoms with E-state index >= 15 is 0 Å². The minimum atomic E-state index is -2.88. The maximum Gasteiger partial charge on any atom is 0.387 e. The molecule has 0 unspecified atom stereocenters. The molecule has 2 aromatic carbocycles. The maximum absolute atomic E-state index is 12.8. The van der Waals surface area contributed by atoms with E-state index in [-0.39, 0.29) is 30.5 Å². The zero-order valence-electron chi connectivity index (χ0n) is 13.6. The van der Waals surface area contributed by atoms with Crippen molar-refractivity contribution in [2.45, 2.75) is 13.0 Å². The van der Waals surface area contributed by atoms with Crippen molar-refractivity contribution in [2.24, 2.45) is 0 Å². The molecule has 0 aliphatic carbocycles. The Morgan fingerprint density at radius 3 is 2.24 bits per heavy atom. The van der Waals surface area contributed by atoms with Gasteiger partial charge in [0, 0.05) is 7.05 Å². The van der Waals surface area contributed by atoms with Crippen LogP contribution >= 0.6 is 0 Å². The Labute approximate surface area is 143 Å². The first-order chi connectivity index (χ1) is 11.9. The quantitative estimate of drug-likeness (QED) is 0.729. The SMILES string of the molecule is CN(CCOc1ccc(F)cc1)C(=O)Cc1ccc(OC(F)F)cc1. The van der Waals surface area contributed by atoms with Crippen LogP contribution in [-0.4, -0.2) is 37.6 Å². The van der Waals surface area contributed by atoms with Crippen molar-refractivity contribution in [2.75, 3.05) is 20.2 Å². The summed E-state index contributed by atoms with van der Waals surface area (Å²) in [5.41, 5.74) is 0.693. The molecule has 0 radical (unpaired) electrons. The normalized spacial score (nSPS) is 10.6. The van der Waals surface area contributed by atoms with Crippen LogP contribution in [0.1, 0.15) is 5.56 Å². The van der Waals surface area contributed by atoms with E-state index < -0.39 is 6.61 Å². The lowest BCUT2D eigenvalue weighted by molar-refractivity contribution is -0.129. The molecule has 0 atom stereocenters. The molecule has 25 heavy (non-hydrogen) atoms. The van der Waals surface area contributed by atoms with Crippen molar-refractivity contribution >= 4 is 5.91 Å². The molecule has 4 nitrogen and oxygen atoms in total. The number of ether oxygens (including phenoxy) is 2. The minimum Gasteiger partial charge on any atom is -0.492 e. The monoisotopic (exact) mass is 353 g/mol. The van der Waals surface area contributed by atoms with Crippen LogP contribution in [0.3, 0.4) is 0 Å². The Morgan fingerprint density at radius 2 is 1.64 bits per heavy atom. The minimum absolute atomic E-state index is 0.0484. The van der Waals surface area contributed by atoms with Gasteiger partial charge in [-0.15, -0.1) is 0 Å². The molecule has 0 bridgehead atoms. The number of rotatable bonds is 8. The van der Waals surface area contributed by atoms with E-state index in [2.05, 4.69) is 4.74 Å². The van der Waals surface area contributed by atoms with Crippen molar-refractivity contribution < 1.29 is 27.4 Å². The number of benzene rings is 2. The molecule has 7 heteroatoms. The molecular weight excluding hydrogens is 335 g/mol. The van der Waals surface area contributed by atoms with Crippen molar-refractivity contribution in [1.29, 1.82) is 0 Å². The average Bonchev–Trinajstić information content (AvgIpc) is 2.58. The number of halogens is 3. The van der Waals surface area contributed by atoms with Gasteiger partial charge in [0.2, 0.25) is 5.91 Å². The van der Waals surface area contributed by atoms with Gasteiger partial charge in [0.05, 0.1) is 13.0 Å². The van der Waals surface area contributed by atoms with Gasteiger partial charge in [-0.05, 0) is 42.0 Å². The van der Waals surface area contributed by atoms with E-state index in [1.165, 1.54) is 41.3 Å². The van der Waals surface area contributed by atoms with Gasteiger partial charge < -0.3 is 14.4 Å². The molecule has 0 heterocycles. The highest BCUT2D eigenvalue weighted by Crippen LogP contribution is 2.15. The first-order valence-corrected chi connectivity index (χ1v) is 7.60. The number of carbonyl (C=O) groups is 1. The fourth-order valence-electron chi connectivity index (χ4n) is 2.05. The maximum atomic E-state index is 12.8. The van der Waals surface area contributed by atoms with Crippen LogP contribution in [0.5, 0.6) is 11.5 Å². The van der Waals surface area contributed by atoms with Crippen LogP contribution in [0.25, 0.3) is 0 Å². The van der Waals surface area contributed by atoms with Gasteiger partial charge in [0.1, 0.15) is 23.9 Å². The fraction of sp³-hybridized carbons (Fsp3) is 0.278. The molecule has 2 rings (SSSR count). The second-order valence-electron chi connectivity index (χ2n) is 5.32. The molecular formula is C18H18F3NO3. The lowest BCUT2D eigenvalue weighted by Crippen LogP contribution is -2.32. The topological polar surface area (TPSA) is 38.8 Å². The average molecular weight is 353 g/mol. The molecule has 0 fully saturated rings. The molecule has 0 spiro atoms. The van der Waals surface area contributed by atoms with Crippen LogP contribution in [0.2, 0.25) is 0 Å². The van der Waals surface area contributed by atoms with Crippen molar-refractivity contribution in [1.82, 2.24) is 4.90 Å². The van der Waals surface area contributed by atoms with Crippen LogP contribution in [0.15, 0.2) is 48.5 Å². The Balaban J connectivity index is 1.76. The lowest BCUT2D eigenvalue weighted by Gasteiger charge is -2.17. The van der Waals surface area contributed by atoms with E-state index in [0.717, 1.165) is 0 Å². The molecule has 0 N–H and O–H groups in total. The number of hydrogen-bond donors (Lipinski definition) is 0. The van der Waals surface area contributed by atoms with Crippen molar-refractivity contribution in [3.05, 3.63) is 59.9 Å². The Hall–Kier alpha value is -2.70. The third-order valence-electron chi connectivity index (χ3n) is 3.44. The number of alkyl halides is 2. The third kappa shape index (κ3) is 6.37. The van der Waals surface area contributed by atoms with E-state index in [9.17, 15) is 18.0 Å². The fourth-order valence-corrected chi connectivity index (χ4v) is 2.05. The van der Waals surface area contributed by atoms with Gasteiger partial charge in [0.25, 0.3) is 0 Å². The summed E-state index contributed by atoms with van der Waals surface area (Å²) in [5.74, 6) is 0.0963. The van der Waals surface area contributed by atoms with Gasteiger partial charge in [-0.1, -0.05) is 12.1 Å². The summed E-state index contributed by atoms with van der Waals surface area (Å²) >= 11 is 0. The molecule has 1 amide bonds. The summed E-state index contributed by atoms with van der Waals surface area (Å²) < 4.78 is 46.6. The second-order valence-corrected chi connectivity index (χ2v) is 5.32. The molecule has 0 aromatic heterocycles. The smallest absolute Gasteiger partial charge is 0.387 e. The van der Waals surface area contributed by atoms with Gasteiger partial charge in [0.15, 0.2) is 0 Å². The van der Waals surface area contributed by atoms with Crippen LogP contribution in [0.4, 0.5) is 13.2 Å². The number of hydrogen-bond acceptors (Lipinski definition) is 3. The molecule has 134 valence electrons. The third-order valence-corrected chi connectivity index (χ3v) is 3.44. The van der Waals surface area contributed by atoms with Crippen molar-refractivity contribution in [3.8, 4) is 11.5 Å². The molecule has 0 saturated heterocycles. The van der Waals surface area contributed by atoms with E-state index in [4.69, 9.17) is 4.74 Å². The standard InChI is InChI=1S/C18H18F3NO3/c1-22(10-11-24-15-8-4-14(19)5-9-15)17(23)12-13-2-6-16(7-3-13)25-18(20)21/h2-9,18H,10-12H2,1H3. The van der Waals surface area contributed by atoms with Crippen molar-refractivity contribution in [3.63, 3.8) is 0 Å². The van der Waals surface area contributed by atoms with E-state index in [0.29, 0.717) is 17.9 Å². The Bertz CT molecular complexity index is 675. The Kier molecular flexibility index (Phi) is 6.68. The highest BCUT2D eigenvalue weighted by atomic mass is 19.3. The summed E-state index contributed by atoms with van der Waals surface area (Å²) in [7, 11) is 1.64.